The van der Waals surface area contributed by atoms with Crippen molar-refractivity contribution in [3.63, 3.8) is 0 Å². The van der Waals surface area contributed by atoms with Gasteiger partial charge in [0.2, 0.25) is 0 Å². The molecule has 4 aromatic rings. The molecule has 2 N–H and O–H groups in total. The number of nitrogens with one attached hydrogen (secondary N) is 2. The number of fused-ring (bicyclic) bond motifs is 1. The van der Waals surface area contributed by atoms with Gasteiger partial charge in [0.25, 0.3) is 0 Å². The summed E-state index contributed by atoms with van der Waals surface area (Å²) in [6.45, 7) is 4.05. The Morgan fingerprint density at radius 1 is 1.15 bits per heavy atom. The summed E-state index contributed by atoms with van der Waals surface area (Å²) >= 11 is 1.30. The summed E-state index contributed by atoms with van der Waals surface area (Å²) in [6, 6.07) is 15.2. The maximum absolute atomic E-state index is 13.5. The topological polar surface area (TPSA) is 115 Å². The fourth-order valence-electron chi connectivity index (χ4n) is 4.66. The van der Waals surface area contributed by atoms with Crippen LogP contribution >= 0.6 is 11.3 Å². The molecule has 1 aliphatic carbocycles. The van der Waals surface area contributed by atoms with Crippen LogP contribution in [0.2, 0.25) is 0 Å². The van der Waals surface area contributed by atoms with Crippen molar-refractivity contribution in [1.82, 2.24) is 15.2 Å². The lowest BCUT2D eigenvalue weighted by atomic mass is 9.88. The second-order valence-corrected chi connectivity index (χ2v) is 10.8. The van der Waals surface area contributed by atoms with Gasteiger partial charge in [0.15, 0.2) is 0 Å². The number of ether oxygens (including phenoxy) is 1. The lowest BCUT2D eigenvalue weighted by molar-refractivity contribution is -0.136. The molecule has 1 aliphatic rings. The first-order chi connectivity index (χ1) is 19.8. The summed E-state index contributed by atoms with van der Waals surface area (Å²) in [5.74, 6) is -2.40. The van der Waals surface area contributed by atoms with Crippen LogP contribution in [-0.2, 0) is 27.2 Å². The zero-order chi connectivity index (χ0) is 28.9. The van der Waals surface area contributed by atoms with Gasteiger partial charge in [-0.05, 0) is 74.1 Å². The molecule has 2 aromatic carbocycles. The van der Waals surface area contributed by atoms with E-state index in [1.807, 2.05) is 30.3 Å². The molecule has 210 valence electrons. The van der Waals surface area contributed by atoms with E-state index in [0.717, 1.165) is 29.0 Å². The summed E-state index contributed by atoms with van der Waals surface area (Å²) in [7, 11) is 0. The molecule has 0 aliphatic heterocycles. The van der Waals surface area contributed by atoms with Crippen molar-refractivity contribution in [3.05, 3.63) is 88.2 Å². The summed E-state index contributed by atoms with van der Waals surface area (Å²) in [4.78, 5) is 39.2. The van der Waals surface area contributed by atoms with Crippen LogP contribution in [0.4, 0.5) is 9.39 Å². The highest BCUT2D eigenvalue weighted by Crippen LogP contribution is 2.40. The number of rotatable bonds is 7. The zero-order valence-electron chi connectivity index (χ0n) is 22.5. The average molecular weight is 574 g/mol. The Bertz CT molecular complexity index is 1610. The minimum absolute atomic E-state index is 0.198. The normalized spacial score (nSPS) is 14.5. The van der Waals surface area contributed by atoms with Crippen LogP contribution in [-0.4, -0.2) is 40.4 Å². The zero-order valence-corrected chi connectivity index (χ0v) is 23.3. The number of para-hydroxylation sites is 1. The summed E-state index contributed by atoms with van der Waals surface area (Å²) in [5.41, 5.74) is 5.92. The highest BCUT2D eigenvalue weighted by Gasteiger charge is 2.30. The van der Waals surface area contributed by atoms with E-state index >= 15 is 0 Å². The lowest BCUT2D eigenvalue weighted by Gasteiger charge is -2.18. The summed E-state index contributed by atoms with van der Waals surface area (Å²) < 4.78 is 20.4. The molecule has 2 amide bonds. The monoisotopic (exact) mass is 573 g/mol. The Hall–Kier alpha value is -4.64. The number of esters is 1. The third kappa shape index (κ3) is 6.25. The number of hydrazone groups is 1. The van der Waals surface area contributed by atoms with E-state index in [2.05, 4.69) is 27.9 Å². The van der Waals surface area contributed by atoms with Crippen molar-refractivity contribution in [2.45, 2.75) is 33.1 Å². The SMILES string of the molecule is CCOC(=O)c1c(NC(=O)C(=O)N/N=C\c2cn(-c3ccccc3)nc2-c2ccc(F)cc2)sc2c1CC[C@H](C)C2. The minimum atomic E-state index is -1.01. The number of carbonyl (C=O) groups excluding carboxylic acids is 3. The molecule has 9 nitrogen and oxygen atoms in total. The second kappa shape index (κ2) is 12.3. The fourth-order valence-corrected chi connectivity index (χ4v) is 6.05. The van der Waals surface area contributed by atoms with Crippen LogP contribution in [0.15, 0.2) is 65.9 Å². The van der Waals surface area contributed by atoms with Crippen molar-refractivity contribution in [2.24, 2.45) is 11.0 Å². The molecule has 41 heavy (non-hydrogen) atoms. The highest BCUT2D eigenvalue weighted by molar-refractivity contribution is 7.17. The molecule has 2 heterocycles. The minimum Gasteiger partial charge on any atom is -0.462 e. The van der Waals surface area contributed by atoms with Crippen molar-refractivity contribution >= 4 is 40.3 Å². The van der Waals surface area contributed by atoms with Gasteiger partial charge in [0.1, 0.15) is 16.5 Å². The van der Waals surface area contributed by atoms with Crippen LogP contribution in [0.1, 0.15) is 46.6 Å². The number of aromatic nitrogens is 2. The molecule has 5 rings (SSSR count). The van der Waals surface area contributed by atoms with Crippen molar-refractivity contribution in [3.8, 4) is 16.9 Å². The fraction of sp³-hybridized carbons (Fsp3) is 0.233. The van der Waals surface area contributed by atoms with Gasteiger partial charge in [0.05, 0.1) is 24.1 Å². The predicted molar refractivity (Wildman–Crippen MR) is 155 cm³/mol. The number of thiophene rings is 1. The predicted octanol–water partition coefficient (Wildman–Crippen LogP) is 5.13. The number of hydrogen-bond acceptors (Lipinski definition) is 7. The van der Waals surface area contributed by atoms with Gasteiger partial charge in [-0.25, -0.2) is 19.3 Å². The molecule has 0 saturated heterocycles. The lowest BCUT2D eigenvalue weighted by Crippen LogP contribution is -2.32. The van der Waals surface area contributed by atoms with Crippen molar-refractivity contribution in [2.75, 3.05) is 11.9 Å². The Morgan fingerprint density at radius 2 is 1.90 bits per heavy atom. The Balaban J connectivity index is 1.34. The smallest absolute Gasteiger partial charge is 0.341 e. The maximum atomic E-state index is 13.5. The Kier molecular flexibility index (Phi) is 8.34. The van der Waals surface area contributed by atoms with Gasteiger partial charge in [-0.2, -0.15) is 10.2 Å². The van der Waals surface area contributed by atoms with Gasteiger partial charge in [-0.1, -0.05) is 25.1 Å². The molecule has 0 bridgehead atoms. The second-order valence-electron chi connectivity index (χ2n) is 9.65. The van der Waals surface area contributed by atoms with Crippen LogP contribution < -0.4 is 10.7 Å². The number of amides is 2. The van der Waals surface area contributed by atoms with Crippen molar-refractivity contribution < 1.29 is 23.5 Å². The Morgan fingerprint density at radius 3 is 2.63 bits per heavy atom. The van der Waals surface area contributed by atoms with Gasteiger partial charge in [-0.3, -0.25) is 9.59 Å². The first kappa shape index (κ1) is 27.9. The maximum Gasteiger partial charge on any atom is 0.341 e. The van der Waals surface area contributed by atoms with Gasteiger partial charge in [-0.15, -0.1) is 11.3 Å². The van der Waals surface area contributed by atoms with E-state index in [4.69, 9.17) is 4.74 Å². The standard InChI is InChI=1S/C30H28FN5O4S/c1-3-40-30(39)25-23-14-9-18(2)15-24(23)41-29(25)33-27(37)28(38)34-32-16-20-17-36(22-7-5-4-6-8-22)35-26(20)19-10-12-21(31)13-11-19/h4-8,10-13,16-18H,3,9,14-15H2,1-2H3,(H,33,37)(H,34,38)/b32-16-/t18-/m0/s1. The average Bonchev–Trinajstić information content (AvgIpc) is 3.55. The molecule has 11 heteroatoms. The summed E-state index contributed by atoms with van der Waals surface area (Å²) in [5, 5.41) is 11.5. The molecular weight excluding hydrogens is 545 g/mol. The van der Waals surface area contributed by atoms with E-state index in [-0.39, 0.29) is 12.4 Å². The third-order valence-corrected chi connectivity index (χ3v) is 7.84. The largest absolute Gasteiger partial charge is 0.462 e. The molecule has 1 atom stereocenters. The van der Waals surface area contributed by atoms with E-state index < -0.39 is 17.8 Å². The summed E-state index contributed by atoms with van der Waals surface area (Å²) in [6.07, 6.45) is 5.52. The molecule has 0 spiro atoms. The third-order valence-electron chi connectivity index (χ3n) is 6.68. The molecular formula is C30H28FN5O4S. The Labute approximate surface area is 240 Å². The highest BCUT2D eigenvalue weighted by atomic mass is 32.1. The first-order valence-corrected chi connectivity index (χ1v) is 14.0. The molecule has 0 fully saturated rings. The number of hydrogen-bond donors (Lipinski definition) is 2. The number of nitrogens with zero attached hydrogens (tertiary/aromatic N) is 3. The number of carbonyl (C=O) groups is 3. The van der Waals surface area contributed by atoms with Crippen LogP contribution in [0.5, 0.6) is 0 Å². The van der Waals surface area contributed by atoms with Gasteiger partial charge < -0.3 is 10.1 Å². The van der Waals surface area contributed by atoms with Gasteiger partial charge in [0, 0.05) is 22.2 Å². The number of halogens is 1. The molecule has 0 radical (unpaired) electrons. The van der Waals surface area contributed by atoms with E-state index in [1.165, 1.54) is 29.7 Å². The van der Waals surface area contributed by atoms with E-state index in [1.54, 1.807) is 29.9 Å². The first-order valence-electron chi connectivity index (χ1n) is 13.2. The van der Waals surface area contributed by atoms with E-state index in [9.17, 15) is 18.8 Å². The van der Waals surface area contributed by atoms with Crippen LogP contribution in [0, 0.1) is 11.7 Å². The van der Waals surface area contributed by atoms with Crippen LogP contribution in [0.3, 0.4) is 0 Å². The van der Waals surface area contributed by atoms with Gasteiger partial charge >= 0.3 is 17.8 Å². The molecule has 0 saturated carbocycles. The molecule has 2 aromatic heterocycles. The molecule has 0 unspecified atom stereocenters. The van der Waals surface area contributed by atoms with Crippen molar-refractivity contribution in [1.29, 1.82) is 0 Å². The quantitative estimate of drug-likeness (QED) is 0.138. The van der Waals surface area contributed by atoms with Crippen LogP contribution in [0.25, 0.3) is 16.9 Å². The van der Waals surface area contributed by atoms with E-state index in [0.29, 0.717) is 39.7 Å². The number of anilines is 1. The number of benzene rings is 2.